The Morgan fingerprint density at radius 2 is 1.90 bits per heavy atom. The van der Waals surface area contributed by atoms with Crippen LogP contribution in [0.5, 0.6) is 5.75 Å². The molecule has 0 saturated heterocycles. The molecule has 0 amide bonds. The molecule has 2 aromatic carbocycles. The molecule has 0 spiro atoms. The third-order valence-corrected chi connectivity index (χ3v) is 3.38. The van der Waals surface area contributed by atoms with Crippen LogP contribution >= 0.6 is 0 Å². The number of fused-ring (bicyclic) bond motifs is 1. The van der Waals surface area contributed by atoms with Crippen molar-refractivity contribution < 1.29 is 17.9 Å². The standard InChI is InChI=1S/C15H13F3N2O/c16-15(17,18)11-7-9(19)5-6-12(11)20-13-8-21-14-4-2-1-3-10(13)14/h1-7,13,20H,8,19H2. The summed E-state index contributed by atoms with van der Waals surface area (Å²) in [6, 6.07) is 10.7. The van der Waals surface area contributed by atoms with E-state index in [-0.39, 0.29) is 17.4 Å². The Balaban J connectivity index is 1.93. The molecule has 110 valence electrons. The van der Waals surface area contributed by atoms with Crippen molar-refractivity contribution >= 4 is 11.4 Å². The summed E-state index contributed by atoms with van der Waals surface area (Å²) < 4.78 is 44.7. The number of hydrogen-bond donors (Lipinski definition) is 2. The van der Waals surface area contributed by atoms with Gasteiger partial charge in [0.2, 0.25) is 0 Å². The first kappa shape index (κ1) is 13.6. The van der Waals surface area contributed by atoms with E-state index in [1.54, 1.807) is 6.07 Å². The van der Waals surface area contributed by atoms with Crippen LogP contribution in [0.25, 0.3) is 0 Å². The molecule has 0 radical (unpaired) electrons. The lowest BCUT2D eigenvalue weighted by Gasteiger charge is -2.18. The first-order valence-electron chi connectivity index (χ1n) is 6.40. The molecule has 3 nitrogen and oxygen atoms in total. The Morgan fingerprint density at radius 1 is 1.14 bits per heavy atom. The maximum atomic E-state index is 13.1. The number of nitrogens with two attached hydrogens (primary N) is 1. The highest BCUT2D eigenvalue weighted by Gasteiger charge is 2.35. The Morgan fingerprint density at radius 3 is 2.67 bits per heavy atom. The van der Waals surface area contributed by atoms with Gasteiger partial charge in [0, 0.05) is 16.9 Å². The Bertz CT molecular complexity index is 670. The van der Waals surface area contributed by atoms with E-state index < -0.39 is 11.7 Å². The summed E-state index contributed by atoms with van der Waals surface area (Å²) in [6.07, 6.45) is -4.46. The molecule has 0 bridgehead atoms. The number of nitrogens with one attached hydrogen (secondary N) is 1. The predicted octanol–water partition coefficient (Wildman–Crippen LogP) is 3.83. The van der Waals surface area contributed by atoms with Crippen molar-refractivity contribution in [1.82, 2.24) is 0 Å². The SMILES string of the molecule is Nc1ccc(NC2COc3ccccc32)c(C(F)(F)F)c1. The van der Waals surface area contributed by atoms with Gasteiger partial charge in [-0.05, 0) is 24.3 Å². The van der Waals surface area contributed by atoms with Gasteiger partial charge in [-0.25, -0.2) is 0 Å². The van der Waals surface area contributed by atoms with Crippen LogP contribution in [0, 0.1) is 0 Å². The third kappa shape index (κ3) is 2.61. The van der Waals surface area contributed by atoms with Crippen LogP contribution in [-0.4, -0.2) is 6.61 Å². The third-order valence-electron chi connectivity index (χ3n) is 3.38. The summed E-state index contributed by atoms with van der Waals surface area (Å²) in [4.78, 5) is 0. The number of alkyl halides is 3. The van der Waals surface area contributed by atoms with Gasteiger partial charge in [-0.15, -0.1) is 0 Å². The molecule has 0 aromatic heterocycles. The van der Waals surface area contributed by atoms with E-state index in [2.05, 4.69) is 5.32 Å². The van der Waals surface area contributed by atoms with E-state index in [1.807, 2.05) is 18.2 Å². The molecule has 1 unspecified atom stereocenters. The Hall–Kier alpha value is -2.37. The maximum Gasteiger partial charge on any atom is 0.418 e. The summed E-state index contributed by atoms with van der Waals surface area (Å²) >= 11 is 0. The molecule has 2 aromatic rings. The van der Waals surface area contributed by atoms with E-state index in [0.29, 0.717) is 12.4 Å². The number of hydrogen-bond acceptors (Lipinski definition) is 3. The topological polar surface area (TPSA) is 47.3 Å². The molecule has 1 aliphatic rings. The molecular formula is C15H13F3N2O. The lowest BCUT2D eigenvalue weighted by molar-refractivity contribution is -0.136. The molecule has 3 rings (SSSR count). The normalized spacial score (nSPS) is 17.2. The van der Waals surface area contributed by atoms with Gasteiger partial charge in [0.05, 0.1) is 11.6 Å². The van der Waals surface area contributed by atoms with Crippen LogP contribution in [0.1, 0.15) is 17.2 Å². The van der Waals surface area contributed by atoms with E-state index in [1.165, 1.54) is 12.1 Å². The van der Waals surface area contributed by atoms with Crippen molar-refractivity contribution in [3.8, 4) is 5.75 Å². The number of nitrogen functional groups attached to an aromatic ring is 1. The summed E-state index contributed by atoms with van der Waals surface area (Å²) in [6.45, 7) is 0.293. The minimum Gasteiger partial charge on any atom is -0.491 e. The van der Waals surface area contributed by atoms with Crippen molar-refractivity contribution in [2.75, 3.05) is 17.7 Å². The summed E-state index contributed by atoms with van der Waals surface area (Å²) in [5, 5.41) is 2.90. The van der Waals surface area contributed by atoms with E-state index in [4.69, 9.17) is 10.5 Å². The fourth-order valence-corrected chi connectivity index (χ4v) is 2.39. The molecule has 0 fully saturated rings. The van der Waals surface area contributed by atoms with Gasteiger partial charge < -0.3 is 15.8 Å². The quantitative estimate of drug-likeness (QED) is 0.827. The zero-order chi connectivity index (χ0) is 15.0. The number of anilines is 2. The van der Waals surface area contributed by atoms with Crippen LogP contribution in [-0.2, 0) is 6.18 Å². The molecular weight excluding hydrogens is 281 g/mol. The number of ether oxygens (including phenoxy) is 1. The molecule has 1 aliphatic heterocycles. The van der Waals surface area contributed by atoms with Gasteiger partial charge in [-0.3, -0.25) is 0 Å². The molecule has 1 heterocycles. The van der Waals surface area contributed by atoms with Crippen LogP contribution in [0.2, 0.25) is 0 Å². The molecule has 0 saturated carbocycles. The highest BCUT2D eigenvalue weighted by molar-refractivity contribution is 5.61. The highest BCUT2D eigenvalue weighted by Crippen LogP contribution is 2.39. The van der Waals surface area contributed by atoms with Crippen molar-refractivity contribution in [2.45, 2.75) is 12.2 Å². The van der Waals surface area contributed by atoms with Gasteiger partial charge in [0.25, 0.3) is 0 Å². The Labute approximate surface area is 119 Å². The number of halogens is 3. The Kier molecular flexibility index (Phi) is 3.16. The van der Waals surface area contributed by atoms with Crippen LogP contribution in [0.3, 0.4) is 0 Å². The van der Waals surface area contributed by atoms with Crippen molar-refractivity contribution in [3.63, 3.8) is 0 Å². The predicted molar refractivity (Wildman–Crippen MR) is 74.2 cm³/mol. The minimum absolute atomic E-state index is 0.00185. The van der Waals surface area contributed by atoms with Crippen LogP contribution in [0.15, 0.2) is 42.5 Å². The van der Waals surface area contributed by atoms with Gasteiger partial charge >= 0.3 is 6.18 Å². The number of rotatable bonds is 2. The summed E-state index contributed by atoms with van der Waals surface area (Å²) in [7, 11) is 0. The number of benzene rings is 2. The number of para-hydroxylation sites is 1. The zero-order valence-corrected chi connectivity index (χ0v) is 10.9. The maximum absolute atomic E-state index is 13.1. The first-order chi connectivity index (χ1) is 9.95. The average molecular weight is 294 g/mol. The van der Waals surface area contributed by atoms with Crippen molar-refractivity contribution in [1.29, 1.82) is 0 Å². The van der Waals surface area contributed by atoms with Crippen LogP contribution in [0.4, 0.5) is 24.5 Å². The second kappa shape index (κ2) is 4.87. The fourth-order valence-electron chi connectivity index (χ4n) is 2.39. The van der Waals surface area contributed by atoms with Crippen LogP contribution < -0.4 is 15.8 Å². The van der Waals surface area contributed by atoms with Gasteiger partial charge in [0.15, 0.2) is 0 Å². The molecule has 0 aliphatic carbocycles. The largest absolute Gasteiger partial charge is 0.491 e. The summed E-state index contributed by atoms with van der Waals surface area (Å²) in [5.41, 5.74) is 5.62. The van der Waals surface area contributed by atoms with E-state index in [9.17, 15) is 13.2 Å². The van der Waals surface area contributed by atoms with Crippen molar-refractivity contribution in [2.24, 2.45) is 0 Å². The molecule has 1 atom stereocenters. The van der Waals surface area contributed by atoms with Gasteiger partial charge in [-0.2, -0.15) is 13.2 Å². The van der Waals surface area contributed by atoms with Gasteiger partial charge in [-0.1, -0.05) is 18.2 Å². The van der Waals surface area contributed by atoms with Gasteiger partial charge in [0.1, 0.15) is 12.4 Å². The second-order valence-electron chi connectivity index (χ2n) is 4.85. The summed E-state index contributed by atoms with van der Waals surface area (Å²) in [5.74, 6) is 0.694. The fraction of sp³-hybridized carbons (Fsp3) is 0.200. The molecule has 21 heavy (non-hydrogen) atoms. The average Bonchev–Trinajstić information content (AvgIpc) is 2.83. The zero-order valence-electron chi connectivity index (χ0n) is 10.9. The molecule has 3 N–H and O–H groups in total. The smallest absolute Gasteiger partial charge is 0.418 e. The second-order valence-corrected chi connectivity index (χ2v) is 4.85. The lowest BCUT2D eigenvalue weighted by atomic mass is 10.1. The minimum atomic E-state index is -4.46. The van der Waals surface area contributed by atoms with Crippen molar-refractivity contribution in [3.05, 3.63) is 53.6 Å². The lowest BCUT2D eigenvalue weighted by Crippen LogP contribution is -2.16. The van der Waals surface area contributed by atoms with E-state index >= 15 is 0 Å². The molecule has 6 heteroatoms. The first-order valence-corrected chi connectivity index (χ1v) is 6.40. The monoisotopic (exact) mass is 294 g/mol. The van der Waals surface area contributed by atoms with E-state index in [0.717, 1.165) is 11.6 Å². The highest BCUT2D eigenvalue weighted by atomic mass is 19.4.